The molecule has 43 heavy (non-hydrogen) atoms. The maximum absolute atomic E-state index is 6.07. The van der Waals surface area contributed by atoms with Crippen LogP contribution in [-0.2, 0) is 23.7 Å². The second-order valence-electron chi connectivity index (χ2n) is 12.1. The fraction of sp³-hybridized carbons (Fsp3) is 0.895. The summed E-state index contributed by atoms with van der Waals surface area (Å²) in [4.78, 5) is 0. The van der Waals surface area contributed by atoms with Crippen LogP contribution in [0.15, 0.2) is 25.3 Å². The van der Waals surface area contributed by atoms with Crippen LogP contribution < -0.4 is 0 Å². The van der Waals surface area contributed by atoms with E-state index in [2.05, 4.69) is 20.1 Å². The normalized spacial score (nSPS) is 11.5. The third-order valence-corrected chi connectivity index (χ3v) is 8.03. The highest BCUT2D eigenvalue weighted by atomic mass is 16.6. The van der Waals surface area contributed by atoms with Gasteiger partial charge in [-0.3, -0.25) is 0 Å². The lowest BCUT2D eigenvalue weighted by atomic mass is 9.94. The van der Waals surface area contributed by atoms with E-state index in [0.717, 1.165) is 19.6 Å². The maximum Gasteiger partial charge on any atom is 0.0701 e. The lowest BCUT2D eigenvalue weighted by molar-refractivity contribution is -0.0143. The molecule has 0 atom stereocenters. The summed E-state index contributed by atoms with van der Waals surface area (Å²) in [6.07, 6.45) is 33.0. The quantitative estimate of drug-likeness (QED) is 0.0512. The molecule has 0 amide bonds. The van der Waals surface area contributed by atoms with Crippen LogP contribution in [0.1, 0.15) is 148 Å². The molecule has 0 aliphatic carbocycles. The van der Waals surface area contributed by atoms with Crippen molar-refractivity contribution in [1.82, 2.24) is 0 Å². The van der Waals surface area contributed by atoms with E-state index in [1.54, 1.807) is 0 Å². The smallest absolute Gasteiger partial charge is 0.0701 e. The summed E-state index contributed by atoms with van der Waals surface area (Å²) in [7, 11) is 0. The zero-order valence-corrected chi connectivity index (χ0v) is 28.8. The first kappa shape index (κ1) is 42.3. The van der Waals surface area contributed by atoms with E-state index < -0.39 is 0 Å². The van der Waals surface area contributed by atoms with Gasteiger partial charge in [0, 0.05) is 13.2 Å². The Morgan fingerprint density at radius 3 is 1.16 bits per heavy atom. The van der Waals surface area contributed by atoms with Crippen LogP contribution in [-0.4, -0.2) is 66.1 Å². The highest BCUT2D eigenvalue weighted by Crippen LogP contribution is 2.20. The maximum atomic E-state index is 6.07. The fourth-order valence-electron chi connectivity index (χ4n) is 5.28. The van der Waals surface area contributed by atoms with Crippen LogP contribution in [0.5, 0.6) is 0 Å². The lowest BCUT2D eigenvalue weighted by Crippen LogP contribution is -2.15. The molecule has 0 aromatic carbocycles. The van der Waals surface area contributed by atoms with Crippen molar-refractivity contribution in [2.45, 2.75) is 148 Å². The van der Waals surface area contributed by atoms with Crippen LogP contribution in [0.25, 0.3) is 0 Å². The molecule has 0 aromatic heterocycles. The van der Waals surface area contributed by atoms with Gasteiger partial charge in [0.25, 0.3) is 0 Å². The zero-order valence-electron chi connectivity index (χ0n) is 28.8. The average molecular weight is 611 g/mol. The van der Waals surface area contributed by atoms with Gasteiger partial charge in [0.05, 0.1) is 52.9 Å². The molecule has 0 heterocycles. The molecule has 0 unspecified atom stereocenters. The van der Waals surface area contributed by atoms with Gasteiger partial charge in [-0.15, -0.1) is 13.2 Å². The minimum Gasteiger partial charge on any atom is -0.379 e. The molecule has 256 valence electrons. The Kier molecular flexibility index (Phi) is 38.6. The SMILES string of the molecule is C=CCCCCCCCCCC(CCCCCCCCCC=C)COCCOCCOCCOCCOCCCCCC. The van der Waals surface area contributed by atoms with Crippen molar-refractivity contribution in [3.05, 3.63) is 25.3 Å². The third-order valence-electron chi connectivity index (χ3n) is 8.03. The Bertz CT molecular complexity index is 500. The number of hydrogen-bond donors (Lipinski definition) is 0. The summed E-state index contributed by atoms with van der Waals surface area (Å²) < 4.78 is 28.5. The van der Waals surface area contributed by atoms with E-state index in [9.17, 15) is 0 Å². The van der Waals surface area contributed by atoms with Gasteiger partial charge in [-0.25, -0.2) is 0 Å². The highest BCUT2D eigenvalue weighted by Gasteiger charge is 2.09. The first-order valence-electron chi connectivity index (χ1n) is 18.5. The molecule has 0 radical (unpaired) electrons. The van der Waals surface area contributed by atoms with Crippen molar-refractivity contribution in [3.63, 3.8) is 0 Å². The molecule has 0 bridgehead atoms. The number of hydrogen-bond acceptors (Lipinski definition) is 5. The number of unbranched alkanes of at least 4 members (excludes halogenated alkanes) is 17. The van der Waals surface area contributed by atoms with Crippen molar-refractivity contribution >= 4 is 0 Å². The van der Waals surface area contributed by atoms with Crippen LogP contribution in [0.2, 0.25) is 0 Å². The van der Waals surface area contributed by atoms with Crippen molar-refractivity contribution in [2.75, 3.05) is 66.1 Å². The van der Waals surface area contributed by atoms with E-state index in [-0.39, 0.29) is 0 Å². The summed E-state index contributed by atoms with van der Waals surface area (Å²) in [5, 5.41) is 0. The summed E-state index contributed by atoms with van der Waals surface area (Å²) in [5.41, 5.74) is 0. The van der Waals surface area contributed by atoms with Gasteiger partial charge in [0.2, 0.25) is 0 Å². The molecule has 0 aliphatic rings. The molecule has 0 aromatic rings. The standard InChI is InChI=1S/C38H74O5/c1-4-7-10-13-15-17-19-21-23-26-38(27-24-22-20-18-16-14-11-8-5-2)37-43-36-35-42-34-33-41-32-31-40-30-29-39-28-25-12-9-6-3/h4-5,38H,1-2,6-37H2,3H3. The van der Waals surface area contributed by atoms with E-state index >= 15 is 0 Å². The molecule has 0 aliphatic heterocycles. The molecular formula is C38H74O5. The first-order chi connectivity index (χ1) is 21.3. The van der Waals surface area contributed by atoms with Crippen LogP contribution in [0.3, 0.4) is 0 Å². The van der Waals surface area contributed by atoms with Crippen LogP contribution in [0.4, 0.5) is 0 Å². The molecule has 0 saturated heterocycles. The highest BCUT2D eigenvalue weighted by molar-refractivity contribution is 4.66. The predicted octanol–water partition coefficient (Wildman–Crippen LogP) is 10.7. The number of allylic oxidation sites excluding steroid dienone is 2. The van der Waals surface area contributed by atoms with E-state index in [0.29, 0.717) is 58.8 Å². The zero-order chi connectivity index (χ0) is 31.2. The van der Waals surface area contributed by atoms with Gasteiger partial charge < -0.3 is 23.7 Å². The largest absolute Gasteiger partial charge is 0.379 e. The second kappa shape index (κ2) is 39.3. The molecule has 0 fully saturated rings. The van der Waals surface area contributed by atoms with Gasteiger partial charge in [-0.05, 0) is 50.9 Å². The minimum atomic E-state index is 0.600. The molecular weight excluding hydrogens is 536 g/mol. The summed E-state index contributed by atoms with van der Waals surface area (Å²) in [5.74, 6) is 0.690. The lowest BCUT2D eigenvalue weighted by Gasteiger charge is -2.17. The number of rotatable bonds is 39. The van der Waals surface area contributed by atoms with Gasteiger partial charge in [-0.1, -0.05) is 115 Å². The molecule has 5 heteroatoms. The van der Waals surface area contributed by atoms with Crippen LogP contribution >= 0.6 is 0 Å². The number of ether oxygens (including phenoxy) is 5. The van der Waals surface area contributed by atoms with Gasteiger partial charge in [0.15, 0.2) is 0 Å². The van der Waals surface area contributed by atoms with E-state index in [1.807, 2.05) is 12.2 Å². The monoisotopic (exact) mass is 611 g/mol. The molecule has 0 rings (SSSR count). The summed E-state index contributed by atoms with van der Waals surface area (Å²) >= 11 is 0. The van der Waals surface area contributed by atoms with E-state index in [1.165, 1.54) is 135 Å². The van der Waals surface area contributed by atoms with Crippen molar-refractivity contribution in [1.29, 1.82) is 0 Å². The fourth-order valence-corrected chi connectivity index (χ4v) is 5.28. The van der Waals surface area contributed by atoms with E-state index in [4.69, 9.17) is 23.7 Å². The van der Waals surface area contributed by atoms with Gasteiger partial charge >= 0.3 is 0 Å². The Morgan fingerprint density at radius 1 is 0.395 bits per heavy atom. The van der Waals surface area contributed by atoms with Crippen molar-refractivity contribution in [3.8, 4) is 0 Å². The Balaban J connectivity index is 3.77. The average Bonchev–Trinajstić information content (AvgIpc) is 3.02. The van der Waals surface area contributed by atoms with Crippen molar-refractivity contribution < 1.29 is 23.7 Å². The topological polar surface area (TPSA) is 46.2 Å². The van der Waals surface area contributed by atoms with Crippen LogP contribution in [0, 0.1) is 5.92 Å². The molecule has 0 N–H and O–H groups in total. The third kappa shape index (κ3) is 37.4. The predicted molar refractivity (Wildman–Crippen MR) is 185 cm³/mol. The molecule has 0 saturated carbocycles. The molecule has 5 nitrogen and oxygen atoms in total. The van der Waals surface area contributed by atoms with Gasteiger partial charge in [0.1, 0.15) is 0 Å². The minimum absolute atomic E-state index is 0.600. The first-order valence-corrected chi connectivity index (χ1v) is 18.5. The summed E-state index contributed by atoms with van der Waals surface area (Å²) in [6.45, 7) is 16.6. The molecule has 0 spiro atoms. The summed E-state index contributed by atoms with van der Waals surface area (Å²) in [6, 6.07) is 0. The Labute approximate surface area is 268 Å². The van der Waals surface area contributed by atoms with Crippen molar-refractivity contribution in [2.24, 2.45) is 5.92 Å². The second-order valence-corrected chi connectivity index (χ2v) is 12.1. The Hall–Kier alpha value is -0.720. The van der Waals surface area contributed by atoms with Gasteiger partial charge in [-0.2, -0.15) is 0 Å². The Morgan fingerprint density at radius 2 is 0.744 bits per heavy atom.